The van der Waals surface area contributed by atoms with Crippen molar-refractivity contribution in [3.63, 3.8) is 0 Å². The Bertz CT molecular complexity index is 595. The van der Waals surface area contributed by atoms with Gasteiger partial charge in [-0.15, -0.1) is 0 Å². The van der Waals surface area contributed by atoms with Gasteiger partial charge in [0.2, 0.25) is 5.91 Å². The van der Waals surface area contributed by atoms with Crippen molar-refractivity contribution in [2.75, 3.05) is 11.4 Å². The quantitative estimate of drug-likeness (QED) is 0.778. The molecule has 2 amide bonds. The number of carbonyl (C=O) groups is 2. The first-order chi connectivity index (χ1) is 11.0. The third-order valence-electron chi connectivity index (χ3n) is 4.54. The van der Waals surface area contributed by atoms with Crippen LogP contribution < -0.4 is 10.2 Å². The molecule has 0 fully saturated rings. The topological polar surface area (TPSA) is 49.4 Å². The smallest absolute Gasteiger partial charge is 0.254 e. The highest BCUT2D eigenvalue weighted by molar-refractivity contribution is 6.07. The molecule has 0 spiro atoms. The van der Waals surface area contributed by atoms with Crippen molar-refractivity contribution in [2.24, 2.45) is 0 Å². The van der Waals surface area contributed by atoms with Crippen molar-refractivity contribution < 1.29 is 9.59 Å². The molecule has 23 heavy (non-hydrogen) atoms. The molecule has 1 heterocycles. The molecule has 4 heteroatoms. The fraction of sp³-hybridized carbons (Fsp3) is 0.579. The Labute approximate surface area is 139 Å². The van der Waals surface area contributed by atoms with Gasteiger partial charge in [-0.2, -0.15) is 0 Å². The summed E-state index contributed by atoms with van der Waals surface area (Å²) in [4.78, 5) is 26.2. The van der Waals surface area contributed by atoms with E-state index in [0.717, 1.165) is 41.8 Å². The van der Waals surface area contributed by atoms with Gasteiger partial charge in [-0.05, 0) is 31.4 Å². The number of carbonyl (C=O) groups excluding carboxylic acids is 2. The van der Waals surface area contributed by atoms with Crippen molar-refractivity contribution in [2.45, 2.75) is 65.8 Å². The Hall–Kier alpha value is -1.84. The largest absolute Gasteiger partial charge is 0.341 e. The molecule has 1 aromatic carbocycles. The van der Waals surface area contributed by atoms with Gasteiger partial charge >= 0.3 is 0 Å². The van der Waals surface area contributed by atoms with Crippen LogP contribution in [0.25, 0.3) is 0 Å². The summed E-state index contributed by atoms with van der Waals surface area (Å²) in [5, 5.41) is 2.83. The molecule has 1 aliphatic rings. The SMILES string of the molecule is CCCCCCCN1C(=O)C(NC(C)=O)c2c(C)ccc(C)c21. The van der Waals surface area contributed by atoms with E-state index >= 15 is 0 Å². The van der Waals surface area contributed by atoms with Crippen LogP contribution in [0.15, 0.2) is 12.1 Å². The first-order valence-electron chi connectivity index (χ1n) is 8.66. The van der Waals surface area contributed by atoms with E-state index in [1.807, 2.05) is 24.8 Å². The number of rotatable bonds is 7. The summed E-state index contributed by atoms with van der Waals surface area (Å²) < 4.78 is 0. The molecule has 0 radical (unpaired) electrons. The summed E-state index contributed by atoms with van der Waals surface area (Å²) in [5.41, 5.74) is 4.13. The lowest BCUT2D eigenvalue weighted by atomic mass is 9.99. The van der Waals surface area contributed by atoms with E-state index in [9.17, 15) is 9.59 Å². The zero-order valence-electron chi connectivity index (χ0n) is 14.7. The Kier molecular flexibility index (Phi) is 5.80. The van der Waals surface area contributed by atoms with Crippen molar-refractivity contribution in [1.29, 1.82) is 0 Å². The molecule has 126 valence electrons. The monoisotopic (exact) mass is 316 g/mol. The van der Waals surface area contributed by atoms with Gasteiger partial charge in [0.05, 0.1) is 5.69 Å². The summed E-state index contributed by atoms with van der Waals surface area (Å²) in [6.07, 6.45) is 5.83. The minimum Gasteiger partial charge on any atom is -0.341 e. The van der Waals surface area contributed by atoms with Crippen LogP contribution in [0.2, 0.25) is 0 Å². The van der Waals surface area contributed by atoms with Gasteiger partial charge in [0.25, 0.3) is 5.91 Å². The maximum atomic E-state index is 12.8. The standard InChI is InChI=1S/C19H28N2O2/c1-5-6-7-8-9-12-21-18-14(3)11-10-13(2)16(18)17(19(21)23)20-15(4)22/h10-11,17H,5-9,12H2,1-4H3,(H,20,22). The molecular weight excluding hydrogens is 288 g/mol. The van der Waals surface area contributed by atoms with Crippen molar-refractivity contribution in [3.8, 4) is 0 Å². The van der Waals surface area contributed by atoms with E-state index in [4.69, 9.17) is 0 Å². The van der Waals surface area contributed by atoms with Gasteiger partial charge < -0.3 is 10.2 Å². The molecule has 0 bridgehead atoms. The second-order valence-electron chi connectivity index (χ2n) is 6.50. The van der Waals surface area contributed by atoms with E-state index in [1.165, 1.54) is 26.2 Å². The molecular formula is C19H28N2O2. The molecule has 0 aromatic heterocycles. The van der Waals surface area contributed by atoms with Gasteiger partial charge in [0, 0.05) is 19.0 Å². The van der Waals surface area contributed by atoms with E-state index in [1.54, 1.807) is 0 Å². The number of nitrogens with one attached hydrogen (secondary N) is 1. The third kappa shape index (κ3) is 3.74. The van der Waals surface area contributed by atoms with E-state index in [0.29, 0.717) is 0 Å². The fourth-order valence-electron chi connectivity index (χ4n) is 3.36. The number of fused-ring (bicyclic) bond motifs is 1. The first-order valence-corrected chi connectivity index (χ1v) is 8.66. The molecule has 0 saturated heterocycles. The minimum atomic E-state index is -0.530. The predicted molar refractivity (Wildman–Crippen MR) is 93.6 cm³/mol. The van der Waals surface area contributed by atoms with Gasteiger partial charge in [0.15, 0.2) is 0 Å². The summed E-state index contributed by atoms with van der Waals surface area (Å²) >= 11 is 0. The van der Waals surface area contributed by atoms with Crippen molar-refractivity contribution in [3.05, 3.63) is 28.8 Å². The van der Waals surface area contributed by atoms with Crippen LogP contribution in [0.3, 0.4) is 0 Å². The fourth-order valence-corrected chi connectivity index (χ4v) is 3.36. The molecule has 1 unspecified atom stereocenters. The molecule has 2 rings (SSSR count). The molecule has 1 atom stereocenters. The summed E-state index contributed by atoms with van der Waals surface area (Å²) in [6.45, 7) is 8.43. The number of anilines is 1. The normalized spacial score (nSPS) is 16.6. The van der Waals surface area contributed by atoms with Crippen molar-refractivity contribution >= 4 is 17.5 Å². The molecule has 4 nitrogen and oxygen atoms in total. The Morgan fingerprint density at radius 3 is 2.43 bits per heavy atom. The zero-order valence-corrected chi connectivity index (χ0v) is 14.7. The lowest BCUT2D eigenvalue weighted by Crippen LogP contribution is -2.37. The lowest BCUT2D eigenvalue weighted by Gasteiger charge is -2.19. The molecule has 1 aliphatic heterocycles. The summed E-state index contributed by atoms with van der Waals surface area (Å²) in [6, 6.07) is 3.56. The van der Waals surface area contributed by atoms with Crippen LogP contribution in [-0.2, 0) is 9.59 Å². The highest BCUT2D eigenvalue weighted by Crippen LogP contribution is 2.40. The average molecular weight is 316 g/mol. The number of benzene rings is 1. The van der Waals surface area contributed by atoms with Crippen LogP contribution >= 0.6 is 0 Å². The number of aryl methyl sites for hydroxylation is 2. The van der Waals surface area contributed by atoms with Crippen LogP contribution in [0, 0.1) is 13.8 Å². The number of unbranched alkanes of at least 4 members (excludes halogenated alkanes) is 4. The highest BCUT2D eigenvalue weighted by Gasteiger charge is 2.39. The number of nitrogens with zero attached hydrogens (tertiary/aromatic N) is 1. The van der Waals surface area contributed by atoms with Crippen molar-refractivity contribution in [1.82, 2.24) is 5.32 Å². The number of hydrogen-bond acceptors (Lipinski definition) is 2. The van der Waals surface area contributed by atoms with Gasteiger partial charge in [-0.25, -0.2) is 0 Å². The van der Waals surface area contributed by atoms with E-state index in [2.05, 4.69) is 18.3 Å². The second-order valence-corrected chi connectivity index (χ2v) is 6.50. The van der Waals surface area contributed by atoms with E-state index in [-0.39, 0.29) is 11.8 Å². The van der Waals surface area contributed by atoms with Gasteiger partial charge in [-0.1, -0.05) is 44.7 Å². The zero-order chi connectivity index (χ0) is 17.0. The van der Waals surface area contributed by atoms with Crippen LogP contribution in [0.1, 0.15) is 68.7 Å². The molecule has 1 N–H and O–H groups in total. The molecule has 1 aromatic rings. The Balaban J connectivity index is 2.22. The van der Waals surface area contributed by atoms with Crippen LogP contribution in [0.5, 0.6) is 0 Å². The second kappa shape index (κ2) is 7.62. The van der Waals surface area contributed by atoms with Crippen LogP contribution in [0.4, 0.5) is 5.69 Å². The Morgan fingerprint density at radius 1 is 1.13 bits per heavy atom. The maximum Gasteiger partial charge on any atom is 0.254 e. The summed E-state index contributed by atoms with van der Waals surface area (Å²) in [7, 11) is 0. The predicted octanol–water partition coefficient (Wildman–Crippen LogP) is 3.80. The highest BCUT2D eigenvalue weighted by atomic mass is 16.2. The number of amides is 2. The van der Waals surface area contributed by atoms with Crippen LogP contribution in [-0.4, -0.2) is 18.4 Å². The molecule has 0 aliphatic carbocycles. The summed E-state index contributed by atoms with van der Waals surface area (Å²) in [5.74, 6) is -0.164. The van der Waals surface area contributed by atoms with E-state index < -0.39 is 6.04 Å². The average Bonchev–Trinajstić information content (AvgIpc) is 2.77. The molecule has 0 saturated carbocycles. The number of hydrogen-bond donors (Lipinski definition) is 1. The first kappa shape index (κ1) is 17.5. The van der Waals surface area contributed by atoms with Gasteiger partial charge in [0.1, 0.15) is 6.04 Å². The lowest BCUT2D eigenvalue weighted by molar-refractivity contribution is -0.126. The third-order valence-corrected chi connectivity index (χ3v) is 4.54. The maximum absolute atomic E-state index is 12.8. The Morgan fingerprint density at radius 2 is 1.78 bits per heavy atom. The van der Waals surface area contributed by atoms with Gasteiger partial charge in [-0.3, -0.25) is 9.59 Å². The minimum absolute atomic E-state index is 0.00286.